The molecule has 7 N–H and O–H groups in total. The summed E-state index contributed by atoms with van der Waals surface area (Å²) in [5.74, 6) is 0.526. The number of ether oxygens (including phenoxy) is 3. The SMILES string of the molecule is CC(C)(C)OC(=O)N1CC(COC(=O)Nc2cc(-c3cccs3)ccc2N)C1.Nc1ccc(-c2cccs2)cc1NC(=O)OCC1CNC1. The van der Waals surface area contributed by atoms with Gasteiger partial charge >= 0.3 is 18.3 Å². The van der Waals surface area contributed by atoms with E-state index in [1.54, 1.807) is 39.7 Å². The van der Waals surface area contributed by atoms with Gasteiger partial charge < -0.3 is 35.9 Å². The van der Waals surface area contributed by atoms with Crippen LogP contribution in [-0.2, 0) is 14.2 Å². The van der Waals surface area contributed by atoms with E-state index < -0.39 is 17.8 Å². The van der Waals surface area contributed by atoms with Gasteiger partial charge in [-0.05, 0) is 79.1 Å². The minimum Gasteiger partial charge on any atom is -0.449 e. The van der Waals surface area contributed by atoms with Gasteiger partial charge in [-0.15, -0.1) is 22.7 Å². The molecule has 2 aliphatic rings. The number of hydrogen-bond acceptors (Lipinski definition) is 11. The molecular weight excluding hydrogens is 665 g/mol. The van der Waals surface area contributed by atoms with E-state index in [1.807, 2.05) is 80.1 Å². The lowest BCUT2D eigenvalue weighted by atomic mass is 10.0. The normalized spacial score (nSPS) is 14.4. The molecule has 2 saturated heterocycles. The third kappa shape index (κ3) is 10.3. The first-order valence-corrected chi connectivity index (χ1v) is 17.6. The standard InChI is InChI=1S/C20H25N3O4S.C15H17N3O2S/c1-20(2,3)27-19(25)23-10-13(11-23)12-26-18(24)22-16-9-14(6-7-15(16)21)17-5-4-8-28-17;16-12-4-3-11(14-2-1-5-21-14)6-13(12)18-15(19)20-9-10-7-17-8-10/h4-9,13H,10-12,21H2,1-3H3,(H,22,24);1-6,10,17H,7-9,16H2,(H,18,19). The zero-order valence-electron chi connectivity index (χ0n) is 27.7. The zero-order valence-corrected chi connectivity index (χ0v) is 29.3. The van der Waals surface area contributed by atoms with Gasteiger partial charge in [0.2, 0.25) is 0 Å². The number of nitrogens with zero attached hydrogens (tertiary/aromatic N) is 1. The monoisotopic (exact) mass is 706 g/mol. The molecule has 0 bridgehead atoms. The summed E-state index contributed by atoms with van der Waals surface area (Å²) in [5, 5.41) is 12.6. The molecule has 2 aromatic heterocycles. The molecule has 3 amide bonds. The Morgan fingerprint density at radius 1 is 0.796 bits per heavy atom. The van der Waals surface area contributed by atoms with Crippen molar-refractivity contribution in [2.75, 3.05) is 61.5 Å². The lowest BCUT2D eigenvalue weighted by Gasteiger charge is -2.39. The number of rotatable bonds is 8. The Labute approximate surface area is 293 Å². The van der Waals surface area contributed by atoms with E-state index in [9.17, 15) is 14.4 Å². The maximum absolute atomic E-state index is 12.1. The molecule has 0 unspecified atom stereocenters. The van der Waals surface area contributed by atoms with Crippen molar-refractivity contribution in [2.45, 2.75) is 26.4 Å². The highest BCUT2D eigenvalue weighted by Crippen LogP contribution is 2.31. The number of carbonyl (C=O) groups is 3. The lowest BCUT2D eigenvalue weighted by molar-refractivity contribution is -0.0108. The molecular formula is C35H42N6O6S2. The molecule has 2 aromatic carbocycles. The average Bonchev–Trinajstić information content (AvgIpc) is 3.73. The Bertz CT molecular complexity index is 1710. The number of benzene rings is 2. The van der Waals surface area contributed by atoms with E-state index >= 15 is 0 Å². The first kappa shape index (κ1) is 35.5. The Kier molecular flexibility index (Phi) is 11.6. The van der Waals surface area contributed by atoms with Crippen LogP contribution in [-0.4, -0.2) is 68.2 Å². The van der Waals surface area contributed by atoms with Crippen LogP contribution >= 0.6 is 22.7 Å². The van der Waals surface area contributed by atoms with Crippen molar-refractivity contribution < 1.29 is 28.6 Å². The number of thiophene rings is 2. The molecule has 2 aliphatic heterocycles. The Morgan fingerprint density at radius 3 is 1.69 bits per heavy atom. The summed E-state index contributed by atoms with van der Waals surface area (Å²) in [6.07, 6.45) is -1.37. The molecule has 12 nitrogen and oxygen atoms in total. The van der Waals surface area contributed by atoms with Crippen LogP contribution in [0.2, 0.25) is 0 Å². The smallest absolute Gasteiger partial charge is 0.411 e. The minimum absolute atomic E-state index is 0.105. The summed E-state index contributed by atoms with van der Waals surface area (Å²) in [6.45, 7) is 8.99. The summed E-state index contributed by atoms with van der Waals surface area (Å²) in [6, 6.07) is 19.1. The van der Waals surface area contributed by atoms with E-state index in [-0.39, 0.29) is 18.6 Å². The topological polar surface area (TPSA) is 170 Å². The molecule has 0 aliphatic carbocycles. The van der Waals surface area contributed by atoms with Crippen molar-refractivity contribution in [1.29, 1.82) is 0 Å². The van der Waals surface area contributed by atoms with Gasteiger partial charge in [-0.25, -0.2) is 14.4 Å². The molecule has 0 atom stereocenters. The fourth-order valence-corrected chi connectivity index (χ4v) is 6.27. The van der Waals surface area contributed by atoms with Gasteiger partial charge in [0, 0.05) is 47.8 Å². The van der Waals surface area contributed by atoms with Crippen LogP contribution in [0, 0.1) is 11.8 Å². The van der Waals surface area contributed by atoms with Crippen LogP contribution in [0.1, 0.15) is 20.8 Å². The number of nitrogen functional groups attached to an aromatic ring is 2. The van der Waals surface area contributed by atoms with Crippen LogP contribution in [0.3, 0.4) is 0 Å². The predicted octanol–water partition coefficient (Wildman–Crippen LogP) is 7.18. The molecule has 0 radical (unpaired) electrons. The highest BCUT2D eigenvalue weighted by Gasteiger charge is 2.34. The molecule has 260 valence electrons. The highest BCUT2D eigenvalue weighted by molar-refractivity contribution is 7.13. The summed E-state index contributed by atoms with van der Waals surface area (Å²) in [7, 11) is 0. The fraction of sp³-hybridized carbons (Fsp3) is 0.343. The average molecular weight is 707 g/mol. The van der Waals surface area contributed by atoms with Gasteiger partial charge in [0.15, 0.2) is 0 Å². The van der Waals surface area contributed by atoms with E-state index in [0.717, 1.165) is 34.0 Å². The van der Waals surface area contributed by atoms with Gasteiger partial charge in [0.25, 0.3) is 0 Å². The number of hydrogen-bond donors (Lipinski definition) is 5. The van der Waals surface area contributed by atoms with Gasteiger partial charge in [0.1, 0.15) is 5.60 Å². The molecule has 4 aromatic rings. The third-order valence-electron chi connectivity index (χ3n) is 7.57. The summed E-state index contributed by atoms with van der Waals surface area (Å²) < 4.78 is 15.8. The second-order valence-corrected chi connectivity index (χ2v) is 14.7. The Balaban J connectivity index is 0.000000199. The first-order valence-electron chi connectivity index (χ1n) is 15.9. The molecule has 0 spiro atoms. The fourth-order valence-electron chi connectivity index (χ4n) is 4.82. The van der Waals surface area contributed by atoms with Crippen LogP contribution in [0.25, 0.3) is 20.9 Å². The maximum atomic E-state index is 12.1. The van der Waals surface area contributed by atoms with Crippen molar-refractivity contribution in [3.63, 3.8) is 0 Å². The van der Waals surface area contributed by atoms with E-state index in [1.165, 1.54) is 0 Å². The van der Waals surface area contributed by atoms with Gasteiger partial charge in [-0.1, -0.05) is 24.3 Å². The van der Waals surface area contributed by atoms with Gasteiger partial charge in [0.05, 0.1) is 36.0 Å². The minimum atomic E-state index is -0.564. The number of anilines is 4. The summed E-state index contributed by atoms with van der Waals surface area (Å²) in [5.41, 5.74) is 15.4. The zero-order chi connectivity index (χ0) is 35.0. The first-order chi connectivity index (χ1) is 23.4. The molecule has 49 heavy (non-hydrogen) atoms. The second kappa shape index (κ2) is 16.1. The van der Waals surface area contributed by atoms with Crippen molar-refractivity contribution in [3.05, 3.63) is 71.4 Å². The quantitative estimate of drug-likeness (QED) is 0.0941. The summed E-state index contributed by atoms with van der Waals surface area (Å²) in [4.78, 5) is 39.6. The Hall–Kier alpha value is -4.79. The van der Waals surface area contributed by atoms with E-state index in [0.29, 0.717) is 48.4 Å². The van der Waals surface area contributed by atoms with Crippen molar-refractivity contribution in [1.82, 2.24) is 10.2 Å². The number of nitrogens with one attached hydrogen (secondary N) is 3. The molecule has 6 rings (SSSR count). The van der Waals surface area contributed by atoms with Crippen LogP contribution in [0.15, 0.2) is 71.4 Å². The molecule has 14 heteroatoms. The van der Waals surface area contributed by atoms with Crippen LogP contribution in [0.4, 0.5) is 37.1 Å². The predicted molar refractivity (Wildman–Crippen MR) is 196 cm³/mol. The molecule has 4 heterocycles. The van der Waals surface area contributed by atoms with Crippen molar-refractivity contribution in [2.24, 2.45) is 11.8 Å². The Morgan fingerprint density at radius 2 is 1.29 bits per heavy atom. The third-order valence-corrected chi connectivity index (χ3v) is 9.40. The highest BCUT2D eigenvalue weighted by atomic mass is 32.1. The van der Waals surface area contributed by atoms with Crippen molar-refractivity contribution in [3.8, 4) is 20.9 Å². The number of amides is 3. The van der Waals surface area contributed by atoms with Gasteiger partial charge in [-0.2, -0.15) is 0 Å². The maximum Gasteiger partial charge on any atom is 0.411 e. The van der Waals surface area contributed by atoms with Gasteiger partial charge in [-0.3, -0.25) is 10.6 Å². The second-order valence-electron chi connectivity index (χ2n) is 12.8. The van der Waals surface area contributed by atoms with Crippen molar-refractivity contribution >= 4 is 63.7 Å². The largest absolute Gasteiger partial charge is 0.449 e. The van der Waals surface area contributed by atoms with E-state index in [2.05, 4.69) is 16.0 Å². The number of likely N-dealkylation sites (tertiary alicyclic amines) is 1. The molecule has 2 fully saturated rings. The lowest BCUT2D eigenvalue weighted by Crippen LogP contribution is -2.53. The number of carbonyl (C=O) groups excluding carboxylic acids is 3. The number of nitrogens with two attached hydrogens (primary N) is 2. The summed E-state index contributed by atoms with van der Waals surface area (Å²) >= 11 is 3.26. The van der Waals surface area contributed by atoms with Crippen LogP contribution < -0.4 is 27.4 Å². The molecule has 0 saturated carbocycles. The van der Waals surface area contributed by atoms with Crippen LogP contribution in [0.5, 0.6) is 0 Å². The van der Waals surface area contributed by atoms with E-state index in [4.69, 9.17) is 25.7 Å².